The van der Waals surface area contributed by atoms with E-state index in [1.54, 1.807) is 0 Å². The van der Waals surface area contributed by atoms with Gasteiger partial charge in [-0.05, 0) is 20.8 Å². The molecule has 1 aliphatic rings. The molecule has 5 nitrogen and oxygen atoms in total. The summed E-state index contributed by atoms with van der Waals surface area (Å²) in [7, 11) is 0. The molecule has 0 aromatic carbocycles. The molecule has 2 rings (SSSR count). The summed E-state index contributed by atoms with van der Waals surface area (Å²) in [6.07, 6.45) is 1.96. The third kappa shape index (κ3) is 3.71. The molecule has 0 aliphatic carbocycles. The zero-order chi connectivity index (χ0) is 15.6. The molecule has 0 atom stereocenters. The molecule has 0 amide bonds. The van der Waals surface area contributed by atoms with Gasteiger partial charge in [0.1, 0.15) is 5.82 Å². The number of rotatable bonds is 3. The second-order valence-electron chi connectivity index (χ2n) is 7.06. The van der Waals surface area contributed by atoms with Crippen molar-refractivity contribution in [1.82, 2.24) is 14.9 Å². The van der Waals surface area contributed by atoms with Gasteiger partial charge in [-0.15, -0.1) is 0 Å². The molecular weight excluding hydrogens is 262 g/mol. The minimum Gasteiger partial charge on any atom is -0.366 e. The van der Waals surface area contributed by atoms with Gasteiger partial charge in [0.2, 0.25) is 0 Å². The van der Waals surface area contributed by atoms with E-state index >= 15 is 0 Å². The summed E-state index contributed by atoms with van der Waals surface area (Å²) in [5.74, 6) is 1.22. The molecule has 0 spiro atoms. The fraction of sp³-hybridized carbons (Fsp3) is 0.750. The molecule has 0 saturated carbocycles. The summed E-state index contributed by atoms with van der Waals surface area (Å²) in [5.41, 5.74) is 8.21. The van der Waals surface area contributed by atoms with Crippen molar-refractivity contribution in [1.29, 1.82) is 0 Å². The summed E-state index contributed by atoms with van der Waals surface area (Å²) in [4.78, 5) is 14.0. The highest BCUT2D eigenvalue weighted by molar-refractivity contribution is 5.49. The van der Waals surface area contributed by atoms with Gasteiger partial charge in [0, 0.05) is 44.2 Å². The number of aromatic nitrogens is 2. The van der Waals surface area contributed by atoms with Gasteiger partial charge in [0.15, 0.2) is 0 Å². The number of nitrogens with two attached hydrogens (primary N) is 1. The Morgan fingerprint density at radius 1 is 1.19 bits per heavy atom. The van der Waals surface area contributed by atoms with Crippen LogP contribution in [0, 0.1) is 0 Å². The first-order chi connectivity index (χ1) is 9.82. The third-order valence-electron chi connectivity index (χ3n) is 4.14. The van der Waals surface area contributed by atoms with E-state index in [2.05, 4.69) is 54.4 Å². The SMILES string of the molecule is CC(C)c1ncc(N2CCN(C(C)(C)C)CC2)c(CN)n1. The number of hydrogen-bond donors (Lipinski definition) is 1. The van der Waals surface area contributed by atoms with Crippen molar-refractivity contribution in [2.24, 2.45) is 5.73 Å². The molecule has 0 unspecified atom stereocenters. The van der Waals surface area contributed by atoms with Crippen LogP contribution in [0.15, 0.2) is 6.20 Å². The zero-order valence-corrected chi connectivity index (χ0v) is 14.1. The van der Waals surface area contributed by atoms with Crippen LogP contribution >= 0.6 is 0 Å². The first kappa shape index (κ1) is 16.2. The van der Waals surface area contributed by atoms with Crippen molar-refractivity contribution in [3.05, 3.63) is 17.7 Å². The average Bonchev–Trinajstić information content (AvgIpc) is 2.45. The van der Waals surface area contributed by atoms with Gasteiger partial charge >= 0.3 is 0 Å². The molecule has 5 heteroatoms. The Morgan fingerprint density at radius 3 is 2.29 bits per heavy atom. The minimum atomic E-state index is 0.237. The molecule has 1 aromatic rings. The quantitative estimate of drug-likeness (QED) is 0.923. The molecule has 21 heavy (non-hydrogen) atoms. The van der Waals surface area contributed by atoms with E-state index in [1.165, 1.54) is 0 Å². The molecular formula is C16H29N5. The van der Waals surface area contributed by atoms with Crippen molar-refractivity contribution < 1.29 is 0 Å². The highest BCUT2D eigenvalue weighted by Crippen LogP contribution is 2.23. The van der Waals surface area contributed by atoms with Gasteiger partial charge in [0.05, 0.1) is 17.6 Å². The van der Waals surface area contributed by atoms with Crippen LogP contribution < -0.4 is 10.6 Å². The summed E-state index contributed by atoms with van der Waals surface area (Å²) in [6.45, 7) is 15.7. The molecule has 1 aromatic heterocycles. The monoisotopic (exact) mass is 291 g/mol. The van der Waals surface area contributed by atoms with Crippen LogP contribution in [0.1, 0.15) is 52.1 Å². The molecule has 2 heterocycles. The van der Waals surface area contributed by atoms with E-state index < -0.39 is 0 Å². The second-order valence-corrected chi connectivity index (χ2v) is 7.06. The summed E-state index contributed by atoms with van der Waals surface area (Å²) in [5, 5.41) is 0. The van der Waals surface area contributed by atoms with Gasteiger partial charge in [-0.1, -0.05) is 13.8 Å². The Kier molecular flexibility index (Phi) is 4.84. The molecule has 2 N–H and O–H groups in total. The van der Waals surface area contributed by atoms with Gasteiger partial charge in [-0.25, -0.2) is 9.97 Å². The molecule has 118 valence electrons. The topological polar surface area (TPSA) is 58.3 Å². The standard InChI is InChI=1S/C16H29N5/c1-12(2)15-18-11-14(13(10-17)19-15)20-6-8-21(9-7-20)16(3,4)5/h11-12H,6-10,17H2,1-5H3. The van der Waals surface area contributed by atoms with Crippen LogP contribution in [-0.2, 0) is 6.54 Å². The van der Waals surface area contributed by atoms with Gasteiger partial charge < -0.3 is 10.6 Å². The maximum atomic E-state index is 5.90. The van der Waals surface area contributed by atoms with E-state index in [0.29, 0.717) is 12.5 Å². The number of nitrogens with zero attached hydrogens (tertiary/aromatic N) is 4. The Balaban J connectivity index is 2.13. The van der Waals surface area contributed by atoms with Crippen LogP contribution in [0.2, 0.25) is 0 Å². The van der Waals surface area contributed by atoms with Gasteiger partial charge in [-0.3, -0.25) is 4.90 Å². The summed E-state index contributed by atoms with van der Waals surface area (Å²) in [6, 6.07) is 0. The second kappa shape index (κ2) is 6.28. The first-order valence-corrected chi connectivity index (χ1v) is 7.88. The lowest BCUT2D eigenvalue weighted by atomic mass is 10.0. The van der Waals surface area contributed by atoms with Crippen LogP contribution in [0.3, 0.4) is 0 Å². The predicted molar refractivity (Wildman–Crippen MR) is 87.6 cm³/mol. The van der Waals surface area contributed by atoms with E-state index in [1.807, 2.05) is 6.20 Å². The van der Waals surface area contributed by atoms with Crippen LogP contribution in [0.4, 0.5) is 5.69 Å². The maximum Gasteiger partial charge on any atom is 0.131 e. The number of piperazine rings is 1. The third-order valence-corrected chi connectivity index (χ3v) is 4.14. The van der Waals surface area contributed by atoms with Crippen LogP contribution in [0.25, 0.3) is 0 Å². The van der Waals surface area contributed by atoms with Crippen molar-refractivity contribution in [2.75, 3.05) is 31.1 Å². The van der Waals surface area contributed by atoms with Crippen molar-refractivity contribution >= 4 is 5.69 Å². The minimum absolute atomic E-state index is 0.237. The van der Waals surface area contributed by atoms with Gasteiger partial charge in [0.25, 0.3) is 0 Å². The lowest BCUT2D eigenvalue weighted by molar-refractivity contribution is 0.128. The fourth-order valence-corrected chi connectivity index (χ4v) is 2.74. The summed E-state index contributed by atoms with van der Waals surface area (Å²) >= 11 is 0. The smallest absolute Gasteiger partial charge is 0.131 e. The fourth-order valence-electron chi connectivity index (χ4n) is 2.74. The largest absolute Gasteiger partial charge is 0.366 e. The number of anilines is 1. The molecule has 1 fully saturated rings. The Hall–Kier alpha value is -1.20. The lowest BCUT2D eigenvalue weighted by Gasteiger charge is -2.43. The Labute approximate surface area is 128 Å². The van der Waals surface area contributed by atoms with Crippen LogP contribution in [-0.4, -0.2) is 46.6 Å². The Morgan fingerprint density at radius 2 is 1.81 bits per heavy atom. The van der Waals surface area contributed by atoms with E-state index in [0.717, 1.165) is 43.4 Å². The van der Waals surface area contributed by atoms with E-state index in [4.69, 9.17) is 5.73 Å². The molecule has 0 bridgehead atoms. The molecule has 1 saturated heterocycles. The van der Waals surface area contributed by atoms with E-state index in [-0.39, 0.29) is 5.54 Å². The van der Waals surface area contributed by atoms with Crippen molar-refractivity contribution in [3.63, 3.8) is 0 Å². The highest BCUT2D eigenvalue weighted by Gasteiger charge is 2.27. The lowest BCUT2D eigenvalue weighted by Crippen LogP contribution is -2.53. The number of hydrogen-bond acceptors (Lipinski definition) is 5. The predicted octanol–water partition coefficient (Wildman–Crippen LogP) is 1.98. The normalized spacial score (nSPS) is 17.6. The molecule has 1 aliphatic heterocycles. The van der Waals surface area contributed by atoms with E-state index in [9.17, 15) is 0 Å². The average molecular weight is 291 g/mol. The van der Waals surface area contributed by atoms with Crippen molar-refractivity contribution in [2.45, 2.75) is 52.6 Å². The van der Waals surface area contributed by atoms with Crippen LogP contribution in [0.5, 0.6) is 0 Å². The zero-order valence-electron chi connectivity index (χ0n) is 14.1. The summed E-state index contributed by atoms with van der Waals surface area (Å²) < 4.78 is 0. The van der Waals surface area contributed by atoms with Crippen molar-refractivity contribution in [3.8, 4) is 0 Å². The Bertz CT molecular complexity index is 470. The molecule has 0 radical (unpaired) electrons. The maximum absolute atomic E-state index is 5.90. The first-order valence-electron chi connectivity index (χ1n) is 7.88. The highest BCUT2D eigenvalue weighted by atomic mass is 15.3. The van der Waals surface area contributed by atoms with Gasteiger partial charge in [-0.2, -0.15) is 0 Å².